The number of aryl methyl sites for hydroxylation is 2. The predicted molar refractivity (Wildman–Crippen MR) is 104 cm³/mol. The lowest BCUT2D eigenvalue weighted by Gasteiger charge is -2.22. The second-order valence-corrected chi connectivity index (χ2v) is 7.32. The second kappa shape index (κ2) is 9.16. The first-order valence-electron chi connectivity index (χ1n) is 9.65. The summed E-state index contributed by atoms with van der Waals surface area (Å²) < 4.78 is 48.1. The standard InChI is InChI=1S/C23H23F3O3/c1-14-6-8-16(12-19(14)24)18-5-3-2-4-17(18)13-29-23-20(25)10-15(11-21(23)26)7-9-22(27)28/h6,8,10-12H,2-5,7,9,13H2,1H3,(H,27,28). The summed E-state index contributed by atoms with van der Waals surface area (Å²) in [5.74, 6) is -3.50. The van der Waals surface area contributed by atoms with E-state index in [2.05, 4.69) is 0 Å². The Kier molecular flexibility index (Phi) is 6.62. The zero-order valence-electron chi connectivity index (χ0n) is 16.2. The number of hydrogen-bond acceptors (Lipinski definition) is 2. The average Bonchev–Trinajstić information content (AvgIpc) is 2.68. The van der Waals surface area contributed by atoms with E-state index in [1.165, 1.54) is 6.07 Å². The number of ether oxygens (including phenoxy) is 1. The van der Waals surface area contributed by atoms with E-state index in [0.717, 1.165) is 54.5 Å². The number of carboxylic acids is 1. The summed E-state index contributed by atoms with van der Waals surface area (Å²) in [5, 5.41) is 8.71. The molecule has 0 spiro atoms. The maximum atomic E-state index is 14.3. The highest BCUT2D eigenvalue weighted by atomic mass is 19.1. The van der Waals surface area contributed by atoms with Gasteiger partial charge in [-0.3, -0.25) is 4.79 Å². The molecule has 1 aliphatic carbocycles. The first-order valence-corrected chi connectivity index (χ1v) is 9.65. The molecule has 3 rings (SSSR count). The molecule has 1 N–H and O–H groups in total. The molecule has 2 aromatic rings. The molecule has 0 atom stereocenters. The lowest BCUT2D eigenvalue weighted by atomic mass is 9.87. The van der Waals surface area contributed by atoms with Crippen LogP contribution in [0.4, 0.5) is 13.2 Å². The van der Waals surface area contributed by atoms with Gasteiger partial charge in [0.1, 0.15) is 12.4 Å². The van der Waals surface area contributed by atoms with Crippen LogP contribution in [0.3, 0.4) is 0 Å². The number of aliphatic carboxylic acids is 1. The van der Waals surface area contributed by atoms with Crippen LogP contribution < -0.4 is 4.74 Å². The second-order valence-electron chi connectivity index (χ2n) is 7.32. The summed E-state index contributed by atoms with van der Waals surface area (Å²) in [5.41, 5.74) is 3.48. The Morgan fingerprint density at radius 1 is 1.03 bits per heavy atom. The van der Waals surface area contributed by atoms with E-state index in [0.29, 0.717) is 5.56 Å². The third kappa shape index (κ3) is 5.19. The maximum Gasteiger partial charge on any atom is 0.303 e. The maximum absolute atomic E-state index is 14.3. The van der Waals surface area contributed by atoms with Gasteiger partial charge in [-0.2, -0.15) is 0 Å². The lowest BCUT2D eigenvalue weighted by molar-refractivity contribution is -0.136. The molecule has 0 saturated heterocycles. The van der Waals surface area contributed by atoms with Gasteiger partial charge in [-0.25, -0.2) is 13.2 Å². The van der Waals surface area contributed by atoms with Crippen molar-refractivity contribution in [3.8, 4) is 5.75 Å². The number of benzene rings is 2. The Bertz CT molecular complexity index is 927. The van der Waals surface area contributed by atoms with Crippen LogP contribution in [-0.2, 0) is 11.2 Å². The number of allylic oxidation sites excluding steroid dienone is 1. The topological polar surface area (TPSA) is 46.5 Å². The Balaban J connectivity index is 1.80. The van der Waals surface area contributed by atoms with Crippen molar-refractivity contribution in [2.75, 3.05) is 6.61 Å². The third-order valence-corrected chi connectivity index (χ3v) is 5.18. The average molecular weight is 404 g/mol. The van der Waals surface area contributed by atoms with Gasteiger partial charge in [-0.1, -0.05) is 12.1 Å². The molecule has 0 bridgehead atoms. The van der Waals surface area contributed by atoms with Crippen LogP contribution in [-0.4, -0.2) is 17.7 Å². The Morgan fingerprint density at radius 3 is 2.38 bits per heavy atom. The van der Waals surface area contributed by atoms with Crippen molar-refractivity contribution in [2.45, 2.75) is 45.4 Å². The molecular weight excluding hydrogens is 381 g/mol. The zero-order chi connectivity index (χ0) is 21.0. The van der Waals surface area contributed by atoms with Crippen molar-refractivity contribution in [3.05, 3.63) is 70.0 Å². The Labute approximate surface area is 167 Å². The van der Waals surface area contributed by atoms with Gasteiger partial charge >= 0.3 is 5.97 Å². The van der Waals surface area contributed by atoms with Crippen molar-refractivity contribution >= 4 is 11.5 Å². The summed E-state index contributed by atoms with van der Waals surface area (Å²) in [7, 11) is 0. The van der Waals surface area contributed by atoms with Crippen molar-refractivity contribution in [1.29, 1.82) is 0 Å². The fourth-order valence-corrected chi connectivity index (χ4v) is 3.56. The quantitative estimate of drug-likeness (QED) is 0.631. The highest BCUT2D eigenvalue weighted by Gasteiger charge is 2.19. The Morgan fingerprint density at radius 2 is 1.72 bits per heavy atom. The minimum atomic E-state index is -1.03. The van der Waals surface area contributed by atoms with E-state index in [-0.39, 0.29) is 30.8 Å². The number of carboxylic acid groups (broad SMARTS) is 1. The van der Waals surface area contributed by atoms with Crippen LogP contribution >= 0.6 is 0 Å². The van der Waals surface area contributed by atoms with E-state index in [1.807, 2.05) is 6.07 Å². The monoisotopic (exact) mass is 404 g/mol. The lowest BCUT2D eigenvalue weighted by Crippen LogP contribution is -2.10. The van der Waals surface area contributed by atoms with Gasteiger partial charge in [0.25, 0.3) is 0 Å². The first-order chi connectivity index (χ1) is 13.8. The van der Waals surface area contributed by atoms with Gasteiger partial charge in [0, 0.05) is 6.42 Å². The number of hydrogen-bond donors (Lipinski definition) is 1. The predicted octanol–water partition coefficient (Wildman–Crippen LogP) is 5.84. The normalized spacial score (nSPS) is 14.2. The van der Waals surface area contributed by atoms with E-state index in [1.54, 1.807) is 13.0 Å². The summed E-state index contributed by atoms with van der Waals surface area (Å²) in [6.45, 7) is 1.72. The van der Waals surface area contributed by atoms with Crippen LogP contribution in [0.25, 0.3) is 5.57 Å². The number of halogens is 3. The molecule has 2 aromatic carbocycles. The van der Waals surface area contributed by atoms with Gasteiger partial charge < -0.3 is 9.84 Å². The zero-order valence-corrected chi connectivity index (χ0v) is 16.2. The highest BCUT2D eigenvalue weighted by Crippen LogP contribution is 2.34. The van der Waals surface area contributed by atoms with Crippen molar-refractivity contribution in [1.82, 2.24) is 0 Å². The molecule has 0 saturated carbocycles. The first kappa shape index (κ1) is 21.0. The summed E-state index contributed by atoms with van der Waals surface area (Å²) in [6.07, 6.45) is 3.23. The SMILES string of the molecule is Cc1ccc(C2=C(COc3c(F)cc(CCC(=O)O)cc3F)CCCC2)cc1F. The molecule has 0 radical (unpaired) electrons. The van der Waals surface area contributed by atoms with Crippen LogP contribution in [0, 0.1) is 24.4 Å². The van der Waals surface area contributed by atoms with Gasteiger partial charge in [-0.15, -0.1) is 0 Å². The van der Waals surface area contributed by atoms with Crippen LogP contribution in [0.1, 0.15) is 48.8 Å². The van der Waals surface area contributed by atoms with Gasteiger partial charge in [-0.05, 0) is 85.1 Å². The van der Waals surface area contributed by atoms with Crippen LogP contribution in [0.5, 0.6) is 5.75 Å². The molecule has 0 aliphatic heterocycles. The smallest absolute Gasteiger partial charge is 0.303 e. The number of carbonyl (C=O) groups is 1. The molecule has 154 valence electrons. The summed E-state index contributed by atoms with van der Waals surface area (Å²) >= 11 is 0. The van der Waals surface area contributed by atoms with Gasteiger partial charge in [0.05, 0.1) is 0 Å². The molecule has 0 fully saturated rings. The van der Waals surface area contributed by atoms with Crippen molar-refractivity contribution in [3.63, 3.8) is 0 Å². The van der Waals surface area contributed by atoms with Crippen LogP contribution in [0.15, 0.2) is 35.9 Å². The minimum Gasteiger partial charge on any atom is -0.483 e. The van der Waals surface area contributed by atoms with Crippen molar-refractivity contribution < 1.29 is 27.8 Å². The molecular formula is C23H23F3O3. The van der Waals surface area contributed by atoms with E-state index in [4.69, 9.17) is 9.84 Å². The molecule has 0 heterocycles. The molecule has 6 heteroatoms. The molecule has 1 aliphatic rings. The highest BCUT2D eigenvalue weighted by molar-refractivity contribution is 5.70. The van der Waals surface area contributed by atoms with Gasteiger partial charge in [0.15, 0.2) is 17.4 Å². The third-order valence-electron chi connectivity index (χ3n) is 5.18. The molecule has 0 aromatic heterocycles. The van der Waals surface area contributed by atoms with Gasteiger partial charge in [0.2, 0.25) is 0 Å². The molecule has 0 unspecified atom stereocenters. The molecule has 29 heavy (non-hydrogen) atoms. The van der Waals surface area contributed by atoms with Crippen molar-refractivity contribution in [2.24, 2.45) is 0 Å². The fraction of sp³-hybridized carbons (Fsp3) is 0.348. The summed E-state index contributed by atoms with van der Waals surface area (Å²) in [4.78, 5) is 10.6. The van der Waals surface area contributed by atoms with E-state index in [9.17, 15) is 18.0 Å². The van der Waals surface area contributed by atoms with E-state index < -0.39 is 23.4 Å². The Hall–Kier alpha value is -2.76. The fourth-order valence-electron chi connectivity index (χ4n) is 3.56. The van der Waals surface area contributed by atoms with E-state index >= 15 is 0 Å². The number of rotatable bonds is 7. The minimum absolute atomic E-state index is 0.0210. The molecule has 3 nitrogen and oxygen atoms in total. The van der Waals surface area contributed by atoms with Crippen LogP contribution in [0.2, 0.25) is 0 Å². The molecule has 0 amide bonds. The largest absolute Gasteiger partial charge is 0.483 e. The summed E-state index contributed by atoms with van der Waals surface area (Å²) in [6, 6.07) is 7.28.